The first-order valence-corrected chi connectivity index (χ1v) is 9.40. The van der Waals surface area contributed by atoms with Crippen LogP contribution in [0.25, 0.3) is 0 Å². The monoisotopic (exact) mass is 366 g/mol. The summed E-state index contributed by atoms with van der Waals surface area (Å²) in [6.45, 7) is 5.04. The Kier molecular flexibility index (Phi) is 6.59. The summed E-state index contributed by atoms with van der Waals surface area (Å²) >= 11 is 0. The van der Waals surface area contributed by atoms with Crippen LogP contribution < -0.4 is 5.32 Å². The van der Waals surface area contributed by atoms with Gasteiger partial charge in [0.15, 0.2) is 0 Å². The minimum Gasteiger partial charge on any atom is -0.444 e. The van der Waals surface area contributed by atoms with E-state index in [9.17, 15) is 23.1 Å². The molecule has 0 saturated carbocycles. The lowest BCUT2D eigenvalue weighted by atomic mass is 10.0. The van der Waals surface area contributed by atoms with Crippen LogP contribution in [0.5, 0.6) is 0 Å². The third-order valence-corrected chi connectivity index (χ3v) is 3.98. The van der Waals surface area contributed by atoms with Crippen molar-refractivity contribution < 1.29 is 32.0 Å². The predicted molar refractivity (Wildman–Crippen MR) is 85.8 cm³/mol. The molecule has 2 amide bonds. The van der Waals surface area contributed by atoms with Gasteiger partial charge in [0, 0.05) is 7.05 Å². The van der Waals surface area contributed by atoms with E-state index in [-0.39, 0.29) is 25.3 Å². The number of hydrogen-bond acceptors (Lipinski definition) is 7. The molecule has 0 aliphatic carbocycles. The highest BCUT2D eigenvalue weighted by atomic mass is 32.2. The van der Waals surface area contributed by atoms with Crippen molar-refractivity contribution >= 4 is 22.1 Å². The van der Waals surface area contributed by atoms with Gasteiger partial charge in [-0.2, -0.15) is 8.42 Å². The summed E-state index contributed by atoms with van der Waals surface area (Å²) < 4.78 is 32.8. The second-order valence-electron chi connectivity index (χ2n) is 6.80. The van der Waals surface area contributed by atoms with Crippen LogP contribution >= 0.6 is 0 Å². The highest BCUT2D eigenvalue weighted by Gasteiger charge is 2.43. The van der Waals surface area contributed by atoms with E-state index in [0.717, 1.165) is 6.26 Å². The van der Waals surface area contributed by atoms with Crippen molar-refractivity contribution in [3.8, 4) is 0 Å². The molecule has 0 unspecified atom stereocenters. The number of ether oxygens (including phenoxy) is 1. The second-order valence-corrected chi connectivity index (χ2v) is 8.40. The van der Waals surface area contributed by atoms with Gasteiger partial charge in [0.1, 0.15) is 5.60 Å². The zero-order valence-electron chi connectivity index (χ0n) is 14.6. The van der Waals surface area contributed by atoms with Gasteiger partial charge >= 0.3 is 6.09 Å². The van der Waals surface area contributed by atoms with Crippen molar-refractivity contribution in [2.45, 2.75) is 57.5 Å². The summed E-state index contributed by atoms with van der Waals surface area (Å²) in [6, 6.07) is -0.774. The molecule has 1 fully saturated rings. The van der Waals surface area contributed by atoms with Crippen LogP contribution in [0.4, 0.5) is 4.79 Å². The SMILES string of the molecule is CNC(=O)C[C@@H](O)[C@@H]1C[C@@H](OS(C)(=O)=O)CN1C(=O)OC(C)(C)C. The van der Waals surface area contributed by atoms with Crippen LogP contribution in [-0.4, -0.2) is 74.1 Å². The molecule has 140 valence electrons. The molecule has 1 aliphatic heterocycles. The summed E-state index contributed by atoms with van der Waals surface area (Å²) in [7, 11) is -2.27. The second kappa shape index (κ2) is 7.66. The fourth-order valence-corrected chi connectivity index (χ4v) is 3.10. The Morgan fingerprint density at radius 2 is 1.96 bits per heavy atom. The topological polar surface area (TPSA) is 122 Å². The first-order valence-electron chi connectivity index (χ1n) is 7.59. The van der Waals surface area contributed by atoms with E-state index in [1.165, 1.54) is 11.9 Å². The number of nitrogens with one attached hydrogen (secondary N) is 1. The Morgan fingerprint density at radius 3 is 2.42 bits per heavy atom. The number of aliphatic hydroxyl groups excluding tert-OH is 1. The van der Waals surface area contributed by atoms with Crippen molar-refractivity contribution in [2.75, 3.05) is 19.8 Å². The molecular formula is C14H26N2O7S. The van der Waals surface area contributed by atoms with Crippen LogP contribution in [0.15, 0.2) is 0 Å². The zero-order valence-corrected chi connectivity index (χ0v) is 15.4. The maximum Gasteiger partial charge on any atom is 0.410 e. The van der Waals surface area contributed by atoms with Gasteiger partial charge in [-0.1, -0.05) is 0 Å². The number of aliphatic hydroxyl groups is 1. The van der Waals surface area contributed by atoms with Crippen molar-refractivity contribution in [1.29, 1.82) is 0 Å². The molecule has 0 aromatic carbocycles. The molecule has 0 aromatic heterocycles. The summed E-state index contributed by atoms with van der Waals surface area (Å²) in [6.07, 6.45) is -1.86. The number of carbonyl (C=O) groups is 2. The van der Waals surface area contributed by atoms with E-state index in [2.05, 4.69) is 5.32 Å². The molecule has 1 saturated heterocycles. The van der Waals surface area contributed by atoms with Crippen LogP contribution in [0, 0.1) is 0 Å². The Hall–Kier alpha value is -1.39. The van der Waals surface area contributed by atoms with E-state index in [1.54, 1.807) is 20.8 Å². The van der Waals surface area contributed by atoms with Gasteiger partial charge in [0.05, 0.1) is 37.5 Å². The van der Waals surface area contributed by atoms with Gasteiger partial charge in [-0.05, 0) is 27.2 Å². The number of nitrogens with zero attached hydrogens (tertiary/aromatic N) is 1. The number of likely N-dealkylation sites (tertiary alicyclic amines) is 1. The Bertz CT molecular complexity index is 570. The van der Waals surface area contributed by atoms with Crippen LogP contribution in [0.3, 0.4) is 0 Å². The van der Waals surface area contributed by atoms with E-state index >= 15 is 0 Å². The van der Waals surface area contributed by atoms with Crippen molar-refractivity contribution in [3.05, 3.63) is 0 Å². The lowest BCUT2D eigenvalue weighted by Crippen LogP contribution is -2.46. The maximum absolute atomic E-state index is 12.3. The first kappa shape index (κ1) is 20.7. The standard InChI is InChI=1S/C14H26N2O7S/c1-14(2,3)22-13(19)16-8-9(23-24(5,20)21)6-10(16)11(17)7-12(18)15-4/h9-11,17H,6-8H2,1-5H3,(H,15,18)/t9-,10+,11-/m1/s1. The van der Waals surface area contributed by atoms with Crippen LogP contribution in [0.2, 0.25) is 0 Å². The smallest absolute Gasteiger partial charge is 0.410 e. The number of hydrogen-bond donors (Lipinski definition) is 2. The summed E-state index contributed by atoms with van der Waals surface area (Å²) in [5.41, 5.74) is -0.747. The fraction of sp³-hybridized carbons (Fsp3) is 0.857. The molecule has 9 nitrogen and oxygen atoms in total. The summed E-state index contributed by atoms with van der Waals surface area (Å²) in [5, 5.41) is 12.7. The van der Waals surface area contributed by atoms with Gasteiger partial charge in [-0.25, -0.2) is 4.79 Å². The Morgan fingerprint density at radius 1 is 1.38 bits per heavy atom. The van der Waals surface area contributed by atoms with Crippen molar-refractivity contribution in [3.63, 3.8) is 0 Å². The van der Waals surface area contributed by atoms with Gasteiger partial charge in [-0.15, -0.1) is 0 Å². The lowest BCUT2D eigenvalue weighted by Gasteiger charge is -2.30. The third-order valence-electron chi connectivity index (χ3n) is 3.36. The summed E-state index contributed by atoms with van der Waals surface area (Å²) in [4.78, 5) is 25.0. The van der Waals surface area contributed by atoms with Gasteiger partial charge in [0.25, 0.3) is 10.1 Å². The van der Waals surface area contributed by atoms with Crippen LogP contribution in [0.1, 0.15) is 33.6 Å². The number of carbonyl (C=O) groups excluding carboxylic acids is 2. The summed E-state index contributed by atoms with van der Waals surface area (Å²) in [5.74, 6) is -0.390. The predicted octanol–water partition coefficient (Wildman–Crippen LogP) is -0.162. The van der Waals surface area contributed by atoms with E-state index in [0.29, 0.717) is 0 Å². The van der Waals surface area contributed by atoms with Gasteiger partial charge in [-0.3, -0.25) is 13.9 Å². The molecular weight excluding hydrogens is 340 g/mol. The molecule has 24 heavy (non-hydrogen) atoms. The fourth-order valence-electron chi connectivity index (χ4n) is 2.47. The molecule has 3 atom stereocenters. The molecule has 1 aliphatic rings. The third kappa shape index (κ3) is 6.62. The van der Waals surface area contributed by atoms with Gasteiger partial charge < -0.3 is 15.2 Å². The first-order chi connectivity index (χ1) is 10.8. The molecule has 0 aromatic rings. The zero-order chi connectivity index (χ0) is 18.7. The average Bonchev–Trinajstić information content (AvgIpc) is 2.78. The van der Waals surface area contributed by atoms with Crippen molar-refractivity contribution in [1.82, 2.24) is 10.2 Å². The average molecular weight is 366 g/mol. The Balaban J connectivity index is 2.92. The van der Waals surface area contributed by atoms with E-state index in [4.69, 9.17) is 8.92 Å². The molecule has 1 heterocycles. The molecule has 2 N–H and O–H groups in total. The number of amides is 2. The minimum absolute atomic E-state index is 0.0442. The highest BCUT2D eigenvalue weighted by Crippen LogP contribution is 2.27. The van der Waals surface area contributed by atoms with E-state index < -0.39 is 40.1 Å². The van der Waals surface area contributed by atoms with Crippen LogP contribution in [-0.2, 0) is 23.8 Å². The van der Waals surface area contributed by atoms with Crippen molar-refractivity contribution in [2.24, 2.45) is 0 Å². The number of rotatable bonds is 5. The molecule has 10 heteroatoms. The maximum atomic E-state index is 12.3. The molecule has 0 radical (unpaired) electrons. The van der Waals surface area contributed by atoms with Gasteiger partial charge in [0.2, 0.25) is 5.91 Å². The highest BCUT2D eigenvalue weighted by molar-refractivity contribution is 7.86. The quantitative estimate of drug-likeness (QED) is 0.648. The largest absolute Gasteiger partial charge is 0.444 e. The lowest BCUT2D eigenvalue weighted by molar-refractivity contribution is -0.123. The van der Waals surface area contributed by atoms with E-state index in [1.807, 2.05) is 0 Å². The normalized spacial score (nSPS) is 23.0. The molecule has 0 spiro atoms. The Labute approximate surface area is 142 Å². The minimum atomic E-state index is -3.71. The molecule has 1 rings (SSSR count). The molecule has 0 bridgehead atoms.